The Morgan fingerprint density at radius 1 is 1.07 bits per heavy atom. The molecule has 0 unspecified atom stereocenters. The second-order valence-electron chi connectivity index (χ2n) is 7.00. The minimum absolute atomic E-state index is 0.126. The topological polar surface area (TPSA) is 98.6 Å². The lowest BCUT2D eigenvalue weighted by atomic mass is 10.1. The van der Waals surface area contributed by atoms with E-state index in [1.807, 2.05) is 12.1 Å². The number of anilines is 1. The predicted molar refractivity (Wildman–Crippen MR) is 111 cm³/mol. The van der Waals surface area contributed by atoms with Crippen molar-refractivity contribution >= 4 is 22.6 Å². The summed E-state index contributed by atoms with van der Waals surface area (Å²) in [4.78, 5) is 43.2. The van der Waals surface area contributed by atoms with Crippen LogP contribution in [0.1, 0.15) is 17.3 Å². The zero-order valence-corrected chi connectivity index (χ0v) is 16.1. The monoisotopic (exact) mass is 394 g/mol. The van der Waals surface area contributed by atoms with Gasteiger partial charge in [-0.2, -0.15) is 0 Å². The van der Waals surface area contributed by atoms with E-state index in [2.05, 4.69) is 9.88 Å². The quantitative estimate of drug-likeness (QED) is 0.654. The first kappa shape index (κ1) is 18.8. The Hall–Kier alpha value is -3.55. The van der Waals surface area contributed by atoms with Crippen LogP contribution < -0.4 is 16.0 Å². The predicted octanol–water partition coefficient (Wildman–Crippen LogP) is 1.38. The van der Waals surface area contributed by atoms with Crippen LogP contribution >= 0.6 is 0 Å². The highest BCUT2D eigenvalue weighted by Gasteiger charge is 2.24. The van der Waals surface area contributed by atoms with E-state index in [-0.39, 0.29) is 11.7 Å². The van der Waals surface area contributed by atoms with E-state index in [0.717, 1.165) is 5.69 Å². The summed E-state index contributed by atoms with van der Waals surface area (Å²) in [7, 11) is 0. The highest BCUT2D eigenvalue weighted by atomic mass is 16.3. The molecule has 1 aliphatic rings. The average molecular weight is 394 g/mol. The van der Waals surface area contributed by atoms with Gasteiger partial charge in [0.25, 0.3) is 5.91 Å². The van der Waals surface area contributed by atoms with Gasteiger partial charge in [-0.25, -0.2) is 0 Å². The first-order chi connectivity index (χ1) is 14.0. The number of carbonyl (C=O) groups is 1. The molecule has 2 N–H and O–H groups in total. The van der Waals surface area contributed by atoms with Crippen molar-refractivity contribution in [1.82, 2.24) is 14.5 Å². The fourth-order valence-corrected chi connectivity index (χ4v) is 3.79. The van der Waals surface area contributed by atoms with Gasteiger partial charge in [0.2, 0.25) is 0 Å². The van der Waals surface area contributed by atoms with Crippen LogP contribution in [0.15, 0.2) is 52.1 Å². The summed E-state index contributed by atoms with van der Waals surface area (Å²) in [5, 5.41) is 10.0. The number of amides is 1. The van der Waals surface area contributed by atoms with Gasteiger partial charge in [0.15, 0.2) is 0 Å². The summed E-state index contributed by atoms with van der Waals surface area (Å²) in [5.41, 5.74) is 0.999. The number of carbonyl (C=O) groups excluding carboxylic acids is 1. The molecule has 3 aromatic rings. The molecule has 0 saturated carbocycles. The molecular formula is C21H22N4O4. The molecule has 150 valence electrons. The number of phenolic OH excluding ortho intramolecular Hbond substituents is 1. The van der Waals surface area contributed by atoms with Gasteiger partial charge in [0.05, 0.1) is 16.7 Å². The van der Waals surface area contributed by atoms with Crippen molar-refractivity contribution in [2.45, 2.75) is 13.5 Å². The third-order valence-electron chi connectivity index (χ3n) is 5.33. The molecule has 0 spiro atoms. The van der Waals surface area contributed by atoms with Crippen molar-refractivity contribution in [1.29, 1.82) is 0 Å². The Bertz CT molecular complexity index is 1190. The van der Waals surface area contributed by atoms with Crippen LogP contribution in [-0.4, -0.2) is 51.6 Å². The standard InChI is InChI=1S/C21H22N4O4/c1-2-25-16-8-7-14(13-15(16)22-19(27)21(25)29)20(28)24-11-9-23(10-12-24)17-5-3-4-6-18(17)26/h3-8,13,26H,2,9-12H2,1H3,(H,22,27). The van der Waals surface area contributed by atoms with E-state index in [1.165, 1.54) is 4.57 Å². The van der Waals surface area contributed by atoms with E-state index in [4.69, 9.17) is 0 Å². The van der Waals surface area contributed by atoms with Crippen LogP contribution in [0.5, 0.6) is 5.75 Å². The SMILES string of the molecule is CCn1c(=O)c(=O)[nH]c2cc(C(=O)N3CCN(c4ccccc4O)CC3)ccc21. The number of phenols is 1. The second-order valence-corrected chi connectivity index (χ2v) is 7.00. The van der Waals surface area contributed by atoms with Crippen molar-refractivity contribution in [2.75, 3.05) is 31.1 Å². The van der Waals surface area contributed by atoms with Gasteiger partial charge in [-0.1, -0.05) is 12.1 Å². The van der Waals surface area contributed by atoms with Gasteiger partial charge in [-0.05, 0) is 37.3 Å². The molecule has 0 radical (unpaired) electrons. The number of para-hydroxylation sites is 2. The number of aromatic hydroxyl groups is 1. The zero-order valence-electron chi connectivity index (χ0n) is 16.1. The maximum absolute atomic E-state index is 13.0. The summed E-state index contributed by atoms with van der Waals surface area (Å²) in [6, 6.07) is 12.2. The summed E-state index contributed by atoms with van der Waals surface area (Å²) < 4.78 is 1.40. The van der Waals surface area contributed by atoms with Gasteiger partial charge in [-0.3, -0.25) is 14.4 Å². The minimum atomic E-state index is -0.694. The number of rotatable bonds is 3. The fraction of sp³-hybridized carbons (Fsp3) is 0.286. The van der Waals surface area contributed by atoms with E-state index in [0.29, 0.717) is 49.3 Å². The van der Waals surface area contributed by atoms with Crippen LogP contribution in [0.25, 0.3) is 11.0 Å². The molecule has 8 nitrogen and oxygen atoms in total. The largest absolute Gasteiger partial charge is 0.506 e. The Kier molecular flexibility index (Phi) is 4.84. The van der Waals surface area contributed by atoms with Gasteiger partial charge in [-0.15, -0.1) is 0 Å². The number of aryl methyl sites for hydroxylation is 1. The lowest BCUT2D eigenvalue weighted by molar-refractivity contribution is 0.0747. The summed E-state index contributed by atoms with van der Waals surface area (Å²) in [6.07, 6.45) is 0. The van der Waals surface area contributed by atoms with Crippen LogP contribution in [0.3, 0.4) is 0 Å². The molecule has 0 aliphatic carbocycles. The number of piperazine rings is 1. The number of hydrogen-bond acceptors (Lipinski definition) is 5. The number of fused-ring (bicyclic) bond motifs is 1. The van der Waals surface area contributed by atoms with Crippen LogP contribution in [0.4, 0.5) is 5.69 Å². The molecule has 0 atom stereocenters. The van der Waals surface area contributed by atoms with Crippen LogP contribution in [0.2, 0.25) is 0 Å². The zero-order chi connectivity index (χ0) is 20.5. The maximum atomic E-state index is 13.0. The van der Waals surface area contributed by atoms with E-state index in [9.17, 15) is 19.5 Å². The molecule has 2 aromatic carbocycles. The molecule has 0 bridgehead atoms. The summed E-state index contributed by atoms with van der Waals surface area (Å²) in [5.74, 6) is 0.103. The van der Waals surface area contributed by atoms with Gasteiger partial charge >= 0.3 is 11.1 Å². The van der Waals surface area contributed by atoms with Crippen molar-refractivity contribution in [3.8, 4) is 5.75 Å². The highest BCUT2D eigenvalue weighted by molar-refractivity contribution is 5.97. The van der Waals surface area contributed by atoms with Gasteiger partial charge in [0.1, 0.15) is 5.75 Å². The number of nitrogens with one attached hydrogen (secondary N) is 1. The van der Waals surface area contributed by atoms with Crippen molar-refractivity contribution in [2.24, 2.45) is 0 Å². The number of aromatic nitrogens is 2. The molecule has 29 heavy (non-hydrogen) atoms. The minimum Gasteiger partial charge on any atom is -0.506 e. The third-order valence-corrected chi connectivity index (χ3v) is 5.33. The first-order valence-corrected chi connectivity index (χ1v) is 9.58. The molecule has 1 aliphatic heterocycles. The lowest BCUT2D eigenvalue weighted by Gasteiger charge is -2.36. The van der Waals surface area contributed by atoms with E-state index >= 15 is 0 Å². The number of H-pyrrole nitrogens is 1. The molecule has 1 fully saturated rings. The normalized spacial score (nSPS) is 14.4. The number of benzene rings is 2. The number of nitrogens with zero attached hydrogens (tertiary/aromatic N) is 3. The Labute approximate surface area is 166 Å². The molecule has 2 heterocycles. The summed E-state index contributed by atoms with van der Waals surface area (Å²) in [6.45, 7) is 4.45. The number of hydrogen-bond donors (Lipinski definition) is 2. The Morgan fingerprint density at radius 2 is 1.79 bits per heavy atom. The molecule has 1 saturated heterocycles. The molecular weight excluding hydrogens is 372 g/mol. The van der Waals surface area contributed by atoms with Gasteiger partial charge in [0, 0.05) is 38.3 Å². The lowest BCUT2D eigenvalue weighted by Crippen LogP contribution is -2.48. The van der Waals surface area contributed by atoms with Crippen LogP contribution in [-0.2, 0) is 6.54 Å². The Morgan fingerprint density at radius 3 is 2.48 bits per heavy atom. The molecule has 4 rings (SSSR count). The van der Waals surface area contributed by atoms with Crippen molar-refractivity contribution < 1.29 is 9.90 Å². The summed E-state index contributed by atoms with van der Waals surface area (Å²) >= 11 is 0. The average Bonchev–Trinajstić information content (AvgIpc) is 2.74. The molecule has 8 heteroatoms. The molecule has 1 aromatic heterocycles. The smallest absolute Gasteiger partial charge is 0.316 e. The third kappa shape index (κ3) is 3.37. The fourth-order valence-electron chi connectivity index (χ4n) is 3.79. The van der Waals surface area contributed by atoms with E-state index in [1.54, 1.807) is 42.2 Å². The van der Waals surface area contributed by atoms with Crippen molar-refractivity contribution in [3.63, 3.8) is 0 Å². The van der Waals surface area contributed by atoms with E-state index < -0.39 is 11.1 Å². The van der Waals surface area contributed by atoms with Gasteiger partial charge < -0.3 is 24.5 Å². The highest BCUT2D eigenvalue weighted by Crippen LogP contribution is 2.27. The second kappa shape index (κ2) is 7.46. The van der Waals surface area contributed by atoms with Crippen molar-refractivity contribution in [3.05, 3.63) is 68.7 Å². The first-order valence-electron chi connectivity index (χ1n) is 9.58. The Balaban J connectivity index is 1.55. The number of aromatic amines is 1. The molecule has 1 amide bonds. The maximum Gasteiger partial charge on any atom is 0.316 e. The van der Waals surface area contributed by atoms with Crippen LogP contribution in [0, 0.1) is 0 Å².